The van der Waals surface area contributed by atoms with Gasteiger partial charge in [0.05, 0.1) is 11.1 Å². The second-order valence-electron chi connectivity index (χ2n) is 5.83. The van der Waals surface area contributed by atoms with Gasteiger partial charge in [-0.3, -0.25) is 0 Å². The van der Waals surface area contributed by atoms with E-state index < -0.39 is 0 Å². The summed E-state index contributed by atoms with van der Waals surface area (Å²) >= 11 is 6.22. The average molecular weight is 268 g/mol. The first-order chi connectivity index (χ1) is 8.40. The molecule has 1 atom stereocenters. The number of rotatable bonds is 5. The predicted octanol–water partition coefficient (Wildman–Crippen LogP) is 4.73. The van der Waals surface area contributed by atoms with E-state index in [0.717, 1.165) is 11.4 Å². The molecule has 1 fully saturated rings. The summed E-state index contributed by atoms with van der Waals surface area (Å²) in [5, 5.41) is 4.19. The molecule has 0 spiro atoms. The van der Waals surface area contributed by atoms with Gasteiger partial charge in [-0.25, -0.2) is 0 Å². The van der Waals surface area contributed by atoms with Gasteiger partial charge in [0, 0.05) is 11.7 Å². The minimum atomic E-state index is 0.144. The molecule has 1 aliphatic rings. The fourth-order valence-electron chi connectivity index (χ4n) is 1.99. The number of anilines is 1. The zero-order chi connectivity index (χ0) is 13.3. The van der Waals surface area contributed by atoms with Crippen LogP contribution in [0.3, 0.4) is 0 Å². The van der Waals surface area contributed by atoms with E-state index >= 15 is 0 Å². The van der Waals surface area contributed by atoms with Crippen molar-refractivity contribution in [2.24, 2.45) is 5.41 Å². The van der Waals surface area contributed by atoms with Gasteiger partial charge in [-0.2, -0.15) is 0 Å². The molecular formula is C15H22ClNO. The molecule has 0 heterocycles. The van der Waals surface area contributed by atoms with Crippen molar-refractivity contribution in [2.45, 2.75) is 52.7 Å². The fraction of sp³-hybridized carbons (Fsp3) is 0.600. The number of nitrogens with one attached hydrogen (secondary N) is 1. The van der Waals surface area contributed by atoms with Crippen LogP contribution in [-0.2, 0) is 0 Å². The van der Waals surface area contributed by atoms with Gasteiger partial charge in [0.25, 0.3) is 0 Å². The summed E-state index contributed by atoms with van der Waals surface area (Å²) in [6.07, 6.45) is 2.76. The van der Waals surface area contributed by atoms with Crippen LogP contribution in [0.4, 0.5) is 5.69 Å². The Morgan fingerprint density at radius 3 is 2.44 bits per heavy atom. The van der Waals surface area contributed by atoms with Crippen LogP contribution >= 0.6 is 11.6 Å². The topological polar surface area (TPSA) is 21.3 Å². The molecule has 0 aliphatic heterocycles. The Bertz CT molecular complexity index is 427. The average Bonchev–Trinajstić information content (AvgIpc) is 3.01. The molecule has 0 aromatic heterocycles. The van der Waals surface area contributed by atoms with Crippen molar-refractivity contribution in [3.05, 3.63) is 23.2 Å². The van der Waals surface area contributed by atoms with Crippen LogP contribution < -0.4 is 10.1 Å². The normalized spacial score (nSPS) is 18.6. The highest BCUT2D eigenvalue weighted by Gasteiger charge is 2.42. The molecule has 1 N–H and O–H groups in total. The van der Waals surface area contributed by atoms with Gasteiger partial charge in [0.2, 0.25) is 0 Å². The first-order valence-corrected chi connectivity index (χ1v) is 7.01. The number of hydrogen-bond donors (Lipinski definition) is 1. The lowest BCUT2D eigenvalue weighted by atomic mass is 10.0. The lowest BCUT2D eigenvalue weighted by Crippen LogP contribution is -2.24. The van der Waals surface area contributed by atoms with Gasteiger partial charge in [-0.05, 0) is 57.2 Å². The molecule has 1 aliphatic carbocycles. The maximum absolute atomic E-state index is 6.22. The maximum atomic E-state index is 6.22. The minimum absolute atomic E-state index is 0.144. The maximum Gasteiger partial charge on any atom is 0.138 e. The second-order valence-corrected chi connectivity index (χ2v) is 6.24. The molecule has 1 unspecified atom stereocenters. The van der Waals surface area contributed by atoms with Crippen LogP contribution in [0, 0.1) is 5.41 Å². The first-order valence-electron chi connectivity index (χ1n) is 6.63. The lowest BCUT2D eigenvalue weighted by molar-refractivity contribution is 0.242. The third-order valence-electron chi connectivity index (χ3n) is 3.76. The van der Waals surface area contributed by atoms with Gasteiger partial charge in [-0.15, -0.1) is 0 Å². The Labute approximate surface area is 115 Å². The molecule has 1 aromatic rings. The fourth-order valence-corrected chi connectivity index (χ4v) is 2.22. The third-order valence-corrected chi connectivity index (χ3v) is 4.06. The van der Waals surface area contributed by atoms with Crippen LogP contribution in [0.1, 0.15) is 40.5 Å². The van der Waals surface area contributed by atoms with Gasteiger partial charge < -0.3 is 10.1 Å². The van der Waals surface area contributed by atoms with Crippen molar-refractivity contribution >= 4 is 17.3 Å². The minimum Gasteiger partial charge on any atom is -0.489 e. The molecule has 0 amide bonds. The molecule has 0 saturated heterocycles. The summed E-state index contributed by atoms with van der Waals surface area (Å²) in [6, 6.07) is 6.39. The van der Waals surface area contributed by atoms with Gasteiger partial charge >= 0.3 is 0 Å². The van der Waals surface area contributed by atoms with E-state index in [9.17, 15) is 0 Å². The van der Waals surface area contributed by atoms with Gasteiger partial charge in [0.1, 0.15) is 5.75 Å². The van der Waals surface area contributed by atoms with Crippen molar-refractivity contribution in [2.75, 3.05) is 5.32 Å². The van der Waals surface area contributed by atoms with Gasteiger partial charge in [-0.1, -0.05) is 18.5 Å². The Morgan fingerprint density at radius 2 is 1.94 bits per heavy atom. The second kappa shape index (κ2) is 5.00. The summed E-state index contributed by atoms with van der Waals surface area (Å²) in [4.78, 5) is 0. The number of hydrogen-bond acceptors (Lipinski definition) is 2. The number of ether oxygens (including phenoxy) is 1. The van der Waals surface area contributed by atoms with Crippen molar-refractivity contribution in [3.63, 3.8) is 0 Å². The summed E-state index contributed by atoms with van der Waals surface area (Å²) in [5.74, 6) is 0.752. The quantitative estimate of drug-likeness (QED) is 0.833. The Kier molecular flexibility index (Phi) is 3.76. The highest BCUT2D eigenvalue weighted by Crippen LogP contribution is 2.49. The van der Waals surface area contributed by atoms with Crippen molar-refractivity contribution in [3.8, 4) is 5.75 Å². The third kappa shape index (κ3) is 3.11. The summed E-state index contributed by atoms with van der Waals surface area (Å²) in [6.45, 7) is 8.55. The van der Waals surface area contributed by atoms with Crippen molar-refractivity contribution in [1.82, 2.24) is 0 Å². The number of benzene rings is 1. The predicted molar refractivity (Wildman–Crippen MR) is 77.6 cm³/mol. The molecule has 2 nitrogen and oxygen atoms in total. The molecule has 0 bridgehead atoms. The lowest BCUT2D eigenvalue weighted by Gasteiger charge is -2.22. The largest absolute Gasteiger partial charge is 0.489 e. The molecule has 1 aromatic carbocycles. The Hall–Kier alpha value is -0.890. The highest BCUT2D eigenvalue weighted by molar-refractivity contribution is 6.32. The van der Waals surface area contributed by atoms with E-state index in [1.807, 2.05) is 32.0 Å². The summed E-state index contributed by atoms with van der Waals surface area (Å²) in [5.41, 5.74) is 1.52. The molecule has 0 radical (unpaired) electrons. The van der Waals surface area contributed by atoms with Crippen LogP contribution in [0.5, 0.6) is 5.75 Å². The van der Waals surface area contributed by atoms with E-state index in [0.29, 0.717) is 16.5 Å². The monoisotopic (exact) mass is 267 g/mol. The first kappa shape index (κ1) is 13.5. The van der Waals surface area contributed by atoms with E-state index in [1.165, 1.54) is 12.8 Å². The van der Waals surface area contributed by atoms with Crippen LogP contribution in [0.2, 0.25) is 5.02 Å². The van der Waals surface area contributed by atoms with E-state index in [-0.39, 0.29) is 6.10 Å². The summed E-state index contributed by atoms with van der Waals surface area (Å²) in [7, 11) is 0. The zero-order valence-electron chi connectivity index (χ0n) is 11.6. The highest BCUT2D eigenvalue weighted by atomic mass is 35.5. The summed E-state index contributed by atoms with van der Waals surface area (Å²) < 4.78 is 5.62. The van der Waals surface area contributed by atoms with Gasteiger partial charge in [0.15, 0.2) is 0 Å². The van der Waals surface area contributed by atoms with Crippen LogP contribution in [-0.4, -0.2) is 12.1 Å². The molecular weight excluding hydrogens is 246 g/mol. The molecule has 18 heavy (non-hydrogen) atoms. The van der Waals surface area contributed by atoms with Crippen molar-refractivity contribution < 1.29 is 4.74 Å². The van der Waals surface area contributed by atoms with Crippen LogP contribution in [0.25, 0.3) is 0 Å². The zero-order valence-corrected chi connectivity index (χ0v) is 12.3. The molecule has 100 valence electrons. The smallest absolute Gasteiger partial charge is 0.138 e. The SMILES string of the molecule is CC(C)Oc1ccc(NC(C)C2(C)CC2)cc1Cl. The van der Waals surface area contributed by atoms with E-state index in [2.05, 4.69) is 19.2 Å². The van der Waals surface area contributed by atoms with Crippen LogP contribution in [0.15, 0.2) is 18.2 Å². The van der Waals surface area contributed by atoms with E-state index in [1.54, 1.807) is 0 Å². The molecule has 3 heteroatoms. The Morgan fingerprint density at radius 1 is 1.28 bits per heavy atom. The van der Waals surface area contributed by atoms with E-state index in [4.69, 9.17) is 16.3 Å². The Balaban J connectivity index is 2.04. The van der Waals surface area contributed by atoms with Crippen molar-refractivity contribution in [1.29, 1.82) is 0 Å². The number of halogens is 1. The standard InChI is InChI=1S/C15H22ClNO/c1-10(2)18-14-6-5-12(9-13(14)16)17-11(3)15(4)7-8-15/h5-6,9-11,17H,7-8H2,1-4H3. The molecule has 2 rings (SSSR count). The molecule has 1 saturated carbocycles.